The molecule has 3 saturated heterocycles. The molecule has 3 aromatic heterocycles. The molecular formula is C26H37N9O4. The number of nitrogen functional groups attached to an aromatic ring is 1. The van der Waals surface area contributed by atoms with Crippen LogP contribution >= 0.6 is 0 Å². The molecule has 5 N–H and O–H groups in total. The Hall–Kier alpha value is -3.10. The van der Waals surface area contributed by atoms with Crippen LogP contribution in [0.3, 0.4) is 0 Å². The lowest BCUT2D eigenvalue weighted by Gasteiger charge is -2.39. The van der Waals surface area contributed by atoms with Crippen molar-refractivity contribution in [1.82, 2.24) is 39.4 Å². The van der Waals surface area contributed by atoms with E-state index in [1.54, 1.807) is 15.4 Å². The molecule has 210 valence electrons. The number of fused-ring (bicyclic) bond motifs is 1. The molecule has 3 fully saturated rings. The topological polar surface area (TPSA) is 160 Å². The van der Waals surface area contributed by atoms with E-state index in [9.17, 15) is 15.0 Å². The van der Waals surface area contributed by atoms with Crippen LogP contribution in [0.2, 0.25) is 0 Å². The average Bonchev–Trinajstić information content (AvgIpc) is 3.72. The minimum Gasteiger partial charge on any atom is -0.387 e. The maximum atomic E-state index is 14.0. The van der Waals surface area contributed by atoms with Gasteiger partial charge in [-0.1, -0.05) is 0 Å². The Kier molecular flexibility index (Phi) is 7.02. The van der Waals surface area contributed by atoms with Gasteiger partial charge >= 0.3 is 0 Å². The zero-order chi connectivity index (χ0) is 27.3. The van der Waals surface area contributed by atoms with Crippen LogP contribution in [0.4, 0.5) is 5.82 Å². The third-order valence-electron chi connectivity index (χ3n) is 8.41. The Morgan fingerprint density at radius 2 is 2.00 bits per heavy atom. The van der Waals surface area contributed by atoms with E-state index < -0.39 is 24.5 Å². The van der Waals surface area contributed by atoms with Gasteiger partial charge in [-0.3, -0.25) is 9.48 Å². The number of hydrogen-bond donors (Lipinski definition) is 4. The molecule has 5 atom stereocenters. The highest BCUT2D eigenvalue weighted by atomic mass is 16.6. The van der Waals surface area contributed by atoms with Crippen LogP contribution in [0.1, 0.15) is 25.5 Å². The number of piperidine rings is 1. The van der Waals surface area contributed by atoms with Gasteiger partial charge in [0.05, 0.1) is 11.1 Å². The second kappa shape index (κ2) is 10.5. The number of nitrogens with zero attached hydrogens (tertiary/aromatic N) is 7. The molecule has 0 saturated carbocycles. The highest BCUT2D eigenvalue weighted by Crippen LogP contribution is 2.38. The van der Waals surface area contributed by atoms with Gasteiger partial charge in [0.25, 0.3) is 5.91 Å². The standard InChI is InChI=1S/C26H37N9O4/c1-32-8-4-16(5-9-32)34(12-15-3-7-28-11-15)25(38)22-20(36)21(37)26(39-22)35-13-17(18-6-10-33(2)31-18)19-23(27)29-14-30-24(19)35/h6,10,13-16,20-22,26,28,36-37H,3-5,7-9,11-12H2,1-2H3,(H2,27,29,30)/t15-,20-,21+,22-,26+/m0/s1. The van der Waals surface area contributed by atoms with Gasteiger partial charge in [-0.25, -0.2) is 9.97 Å². The predicted octanol–water partition coefficient (Wildman–Crippen LogP) is -0.434. The lowest BCUT2D eigenvalue weighted by atomic mass is 9.99. The fraction of sp³-hybridized carbons (Fsp3) is 0.615. The summed E-state index contributed by atoms with van der Waals surface area (Å²) < 4.78 is 9.51. The second-order valence-corrected chi connectivity index (χ2v) is 11.1. The summed E-state index contributed by atoms with van der Waals surface area (Å²) in [6.45, 7) is 4.22. The minimum absolute atomic E-state index is 0.0667. The van der Waals surface area contributed by atoms with Crippen LogP contribution < -0.4 is 11.1 Å². The van der Waals surface area contributed by atoms with Crippen molar-refractivity contribution >= 4 is 22.8 Å². The number of carbonyl (C=O) groups is 1. The van der Waals surface area contributed by atoms with Gasteiger partial charge < -0.3 is 40.4 Å². The highest BCUT2D eigenvalue weighted by molar-refractivity contribution is 5.99. The van der Waals surface area contributed by atoms with E-state index >= 15 is 0 Å². The maximum Gasteiger partial charge on any atom is 0.254 e. The van der Waals surface area contributed by atoms with Crippen molar-refractivity contribution in [2.45, 2.75) is 49.8 Å². The van der Waals surface area contributed by atoms with Crippen LogP contribution in [-0.4, -0.2) is 114 Å². The molecule has 0 aromatic carbocycles. The SMILES string of the molecule is CN1CCC(N(C[C@H]2CCNC2)C(=O)[C@H]2O[C@@H](n3cc(-c4ccn(C)n4)c4c(N)ncnc43)[C@H](O)[C@@H]2O)CC1. The number of aliphatic hydroxyl groups excluding tert-OH is 2. The fourth-order valence-electron chi connectivity index (χ4n) is 6.19. The monoisotopic (exact) mass is 539 g/mol. The van der Waals surface area contributed by atoms with E-state index in [2.05, 4.69) is 32.3 Å². The maximum absolute atomic E-state index is 14.0. The first kappa shape index (κ1) is 26.1. The summed E-state index contributed by atoms with van der Waals surface area (Å²) in [6, 6.07) is 1.91. The summed E-state index contributed by atoms with van der Waals surface area (Å²) in [5, 5.41) is 30.7. The number of ether oxygens (including phenoxy) is 1. The fourth-order valence-corrected chi connectivity index (χ4v) is 6.19. The van der Waals surface area contributed by atoms with Crippen LogP contribution in [-0.2, 0) is 16.6 Å². The molecule has 0 aliphatic carbocycles. The number of carbonyl (C=O) groups excluding carboxylic acids is 1. The molecule has 0 spiro atoms. The summed E-state index contributed by atoms with van der Waals surface area (Å²) in [5.74, 6) is 0.335. The van der Waals surface area contributed by atoms with Gasteiger partial charge in [-0.15, -0.1) is 0 Å². The predicted molar refractivity (Wildman–Crippen MR) is 143 cm³/mol. The van der Waals surface area contributed by atoms with Gasteiger partial charge in [0, 0.05) is 37.6 Å². The number of rotatable bonds is 6. The van der Waals surface area contributed by atoms with Crippen molar-refractivity contribution < 1.29 is 19.7 Å². The number of aromatic nitrogens is 5. The lowest BCUT2D eigenvalue weighted by Crippen LogP contribution is -2.53. The third kappa shape index (κ3) is 4.78. The molecule has 0 radical (unpaired) electrons. The molecule has 3 aliphatic heterocycles. The van der Waals surface area contributed by atoms with Gasteiger partial charge in [-0.2, -0.15) is 5.10 Å². The van der Waals surface area contributed by atoms with Crippen molar-refractivity contribution in [3.8, 4) is 11.3 Å². The molecular weight excluding hydrogens is 502 g/mol. The van der Waals surface area contributed by atoms with E-state index in [1.807, 2.05) is 24.2 Å². The third-order valence-corrected chi connectivity index (χ3v) is 8.41. The van der Waals surface area contributed by atoms with Crippen molar-refractivity contribution in [2.75, 3.05) is 45.5 Å². The van der Waals surface area contributed by atoms with E-state index in [-0.39, 0.29) is 17.8 Å². The number of likely N-dealkylation sites (tertiary alicyclic amines) is 1. The number of amides is 1. The van der Waals surface area contributed by atoms with E-state index in [4.69, 9.17) is 10.5 Å². The van der Waals surface area contributed by atoms with Gasteiger partial charge in [0.2, 0.25) is 0 Å². The molecule has 13 nitrogen and oxygen atoms in total. The van der Waals surface area contributed by atoms with Gasteiger partial charge in [0.1, 0.15) is 30.0 Å². The second-order valence-electron chi connectivity index (χ2n) is 11.1. The van der Waals surface area contributed by atoms with Crippen LogP contribution in [0, 0.1) is 5.92 Å². The number of aryl methyl sites for hydroxylation is 1. The largest absolute Gasteiger partial charge is 0.387 e. The highest BCUT2D eigenvalue weighted by Gasteiger charge is 2.50. The zero-order valence-corrected chi connectivity index (χ0v) is 22.3. The number of hydrogen-bond acceptors (Lipinski definition) is 10. The van der Waals surface area contributed by atoms with Crippen molar-refractivity contribution in [3.63, 3.8) is 0 Å². The van der Waals surface area contributed by atoms with Crippen molar-refractivity contribution in [3.05, 3.63) is 24.8 Å². The average molecular weight is 540 g/mol. The van der Waals surface area contributed by atoms with Crippen LogP contribution in [0.15, 0.2) is 24.8 Å². The number of anilines is 1. The number of nitrogens with one attached hydrogen (secondary N) is 1. The van der Waals surface area contributed by atoms with Crippen molar-refractivity contribution in [2.24, 2.45) is 13.0 Å². The Bertz CT molecular complexity index is 1330. The summed E-state index contributed by atoms with van der Waals surface area (Å²) in [6.07, 6.45) is 2.63. The normalized spacial score (nSPS) is 28.5. The summed E-state index contributed by atoms with van der Waals surface area (Å²) in [4.78, 5) is 26.7. The van der Waals surface area contributed by atoms with Gasteiger partial charge in [-0.05, 0) is 64.5 Å². The Labute approximate surface area is 226 Å². The molecule has 1 amide bonds. The first-order valence-corrected chi connectivity index (χ1v) is 13.6. The van der Waals surface area contributed by atoms with E-state index in [1.165, 1.54) is 6.33 Å². The van der Waals surface area contributed by atoms with Crippen LogP contribution in [0.25, 0.3) is 22.3 Å². The summed E-state index contributed by atoms with van der Waals surface area (Å²) in [7, 11) is 3.90. The number of aliphatic hydroxyl groups is 2. The molecule has 3 aliphatic rings. The Morgan fingerprint density at radius 1 is 1.21 bits per heavy atom. The zero-order valence-electron chi connectivity index (χ0n) is 22.3. The van der Waals surface area contributed by atoms with E-state index in [0.29, 0.717) is 34.8 Å². The minimum atomic E-state index is -1.40. The quantitative estimate of drug-likeness (QED) is 0.324. The molecule has 6 rings (SSSR count). The molecule has 0 bridgehead atoms. The Morgan fingerprint density at radius 3 is 2.69 bits per heavy atom. The summed E-state index contributed by atoms with van der Waals surface area (Å²) >= 11 is 0. The Balaban J connectivity index is 1.31. The first-order chi connectivity index (χ1) is 18.8. The molecule has 13 heteroatoms. The number of nitrogens with two attached hydrogens (primary N) is 1. The van der Waals surface area contributed by atoms with Crippen molar-refractivity contribution in [1.29, 1.82) is 0 Å². The lowest BCUT2D eigenvalue weighted by molar-refractivity contribution is -0.152. The van der Waals surface area contributed by atoms with Crippen LogP contribution in [0.5, 0.6) is 0 Å². The van der Waals surface area contributed by atoms with Gasteiger partial charge in [0.15, 0.2) is 12.3 Å². The molecule has 0 unspecified atom stereocenters. The molecule has 6 heterocycles. The molecule has 39 heavy (non-hydrogen) atoms. The summed E-state index contributed by atoms with van der Waals surface area (Å²) in [5.41, 5.74) is 7.99. The smallest absolute Gasteiger partial charge is 0.254 e. The van der Waals surface area contributed by atoms with E-state index in [0.717, 1.165) is 45.4 Å². The molecule has 3 aromatic rings. The first-order valence-electron chi connectivity index (χ1n) is 13.6.